The van der Waals surface area contributed by atoms with Crippen molar-refractivity contribution in [2.24, 2.45) is 11.3 Å². The van der Waals surface area contributed by atoms with Crippen LogP contribution >= 0.6 is 0 Å². The first kappa shape index (κ1) is 9.72. The number of aliphatic hydroxyl groups is 1. The average Bonchev–Trinajstić information content (AvgIpc) is 1.83. The van der Waals surface area contributed by atoms with Gasteiger partial charge in [-0.1, -0.05) is 20.8 Å². The van der Waals surface area contributed by atoms with Crippen LogP contribution in [0.3, 0.4) is 0 Å². The largest absolute Gasteiger partial charge is 0.392 e. The minimum Gasteiger partial charge on any atom is -0.392 e. The van der Waals surface area contributed by atoms with E-state index in [1.54, 1.807) is 0 Å². The lowest BCUT2D eigenvalue weighted by atomic mass is 9.70. The molecule has 1 fully saturated rings. The van der Waals surface area contributed by atoms with Gasteiger partial charge < -0.3 is 5.11 Å². The maximum atomic E-state index is 11.0. The van der Waals surface area contributed by atoms with Crippen molar-refractivity contribution in [3.8, 4) is 0 Å². The summed E-state index contributed by atoms with van der Waals surface area (Å²) in [6.45, 7) is 6.37. The minimum absolute atomic E-state index is 0.125. The van der Waals surface area contributed by atoms with E-state index in [4.69, 9.17) is 0 Å². The van der Waals surface area contributed by atoms with Crippen molar-refractivity contribution in [3.05, 3.63) is 0 Å². The molecule has 0 bridgehead atoms. The molecule has 2 atom stereocenters. The molecule has 0 aliphatic heterocycles. The van der Waals surface area contributed by atoms with Crippen molar-refractivity contribution in [2.75, 3.05) is 0 Å². The molecule has 2 heteroatoms. The Balaban J connectivity index is 2.62. The van der Waals surface area contributed by atoms with Gasteiger partial charge in [-0.15, -0.1) is 0 Å². The molecule has 1 rings (SSSR count). The highest BCUT2D eigenvalue weighted by atomic mass is 16.3. The van der Waals surface area contributed by atoms with E-state index in [2.05, 4.69) is 20.8 Å². The average molecular weight is 170 g/mol. The standard InChI is InChI=1S/C10H18O2/c1-10(2,3)8-5-4-7(11)6-9(8)12/h8-9,12H,4-6H2,1-3H3/t8-,9+/m0/s1. The molecule has 1 N–H and O–H groups in total. The lowest BCUT2D eigenvalue weighted by molar-refractivity contribution is -0.126. The monoisotopic (exact) mass is 170 g/mol. The summed E-state index contributed by atoms with van der Waals surface area (Å²) in [4.78, 5) is 11.0. The van der Waals surface area contributed by atoms with Gasteiger partial charge in [0.25, 0.3) is 0 Å². The van der Waals surface area contributed by atoms with Crippen LogP contribution in [0.1, 0.15) is 40.0 Å². The van der Waals surface area contributed by atoms with Crippen LogP contribution in [0, 0.1) is 11.3 Å². The minimum atomic E-state index is -0.411. The highest BCUT2D eigenvalue weighted by Crippen LogP contribution is 2.36. The van der Waals surface area contributed by atoms with Crippen LogP contribution < -0.4 is 0 Å². The Bertz CT molecular complexity index is 179. The van der Waals surface area contributed by atoms with Gasteiger partial charge in [0.05, 0.1) is 6.10 Å². The van der Waals surface area contributed by atoms with Gasteiger partial charge in [0.1, 0.15) is 5.78 Å². The highest BCUT2D eigenvalue weighted by molar-refractivity contribution is 5.79. The molecule has 1 aliphatic rings. The Morgan fingerprint density at radius 2 is 2.00 bits per heavy atom. The maximum absolute atomic E-state index is 11.0. The third-order valence-corrected chi connectivity index (χ3v) is 2.75. The van der Waals surface area contributed by atoms with Crippen LogP contribution in [0.4, 0.5) is 0 Å². The number of ketones is 1. The third kappa shape index (κ3) is 2.07. The lowest BCUT2D eigenvalue weighted by Gasteiger charge is -2.37. The van der Waals surface area contributed by atoms with Gasteiger partial charge in [-0.05, 0) is 17.8 Å². The number of carbonyl (C=O) groups excluding carboxylic acids is 1. The molecular formula is C10H18O2. The molecule has 0 spiro atoms. The molecule has 70 valence electrons. The van der Waals surface area contributed by atoms with Gasteiger partial charge >= 0.3 is 0 Å². The molecule has 0 unspecified atom stereocenters. The third-order valence-electron chi connectivity index (χ3n) is 2.75. The second-order valence-electron chi connectivity index (χ2n) is 4.82. The van der Waals surface area contributed by atoms with Crippen molar-refractivity contribution in [1.29, 1.82) is 0 Å². The van der Waals surface area contributed by atoms with E-state index >= 15 is 0 Å². The van der Waals surface area contributed by atoms with Crippen LogP contribution in [0.15, 0.2) is 0 Å². The van der Waals surface area contributed by atoms with Gasteiger partial charge in [-0.25, -0.2) is 0 Å². The SMILES string of the molecule is CC(C)(C)[C@H]1CCC(=O)C[C@H]1O. The van der Waals surface area contributed by atoms with Crippen molar-refractivity contribution >= 4 is 5.78 Å². The first-order chi connectivity index (χ1) is 5.41. The number of rotatable bonds is 0. The Kier molecular flexibility index (Phi) is 2.57. The van der Waals surface area contributed by atoms with Crippen molar-refractivity contribution < 1.29 is 9.90 Å². The smallest absolute Gasteiger partial charge is 0.135 e. The zero-order valence-electron chi connectivity index (χ0n) is 8.13. The molecule has 0 aromatic heterocycles. The summed E-state index contributed by atoms with van der Waals surface area (Å²) < 4.78 is 0. The summed E-state index contributed by atoms with van der Waals surface area (Å²) >= 11 is 0. The molecule has 0 saturated heterocycles. The van der Waals surface area contributed by atoms with E-state index < -0.39 is 6.10 Å². The van der Waals surface area contributed by atoms with E-state index in [1.807, 2.05) is 0 Å². The number of aliphatic hydroxyl groups excluding tert-OH is 1. The lowest BCUT2D eigenvalue weighted by Crippen LogP contribution is -2.37. The highest BCUT2D eigenvalue weighted by Gasteiger charge is 2.35. The molecule has 1 aliphatic carbocycles. The fourth-order valence-corrected chi connectivity index (χ4v) is 2.00. The molecule has 0 radical (unpaired) electrons. The van der Waals surface area contributed by atoms with Gasteiger partial charge in [-0.3, -0.25) is 4.79 Å². The fraction of sp³-hybridized carbons (Fsp3) is 0.900. The number of Topliss-reactive ketones (excluding diaryl/α,β-unsaturated/α-hetero) is 1. The summed E-state index contributed by atoms with van der Waals surface area (Å²) in [5.74, 6) is 0.498. The predicted octanol–water partition coefficient (Wildman–Crippen LogP) is 1.76. The number of carbonyl (C=O) groups is 1. The molecule has 0 heterocycles. The molecule has 1 saturated carbocycles. The molecule has 12 heavy (non-hydrogen) atoms. The summed E-state index contributed by atoms with van der Waals surface area (Å²) in [5.41, 5.74) is 0.125. The summed E-state index contributed by atoms with van der Waals surface area (Å²) in [6, 6.07) is 0. The van der Waals surface area contributed by atoms with E-state index in [9.17, 15) is 9.90 Å². The van der Waals surface area contributed by atoms with E-state index in [1.165, 1.54) is 0 Å². The second-order valence-corrected chi connectivity index (χ2v) is 4.82. The van der Waals surface area contributed by atoms with Crippen molar-refractivity contribution in [3.63, 3.8) is 0 Å². The van der Waals surface area contributed by atoms with E-state index in [-0.39, 0.29) is 17.1 Å². The molecule has 0 aromatic rings. The zero-order valence-corrected chi connectivity index (χ0v) is 8.13. The Hall–Kier alpha value is -0.370. The van der Waals surface area contributed by atoms with Crippen LogP contribution in [-0.4, -0.2) is 17.0 Å². The quantitative estimate of drug-likeness (QED) is 0.601. The van der Waals surface area contributed by atoms with Crippen LogP contribution in [0.5, 0.6) is 0 Å². The fourth-order valence-electron chi connectivity index (χ4n) is 2.00. The predicted molar refractivity (Wildman–Crippen MR) is 47.8 cm³/mol. The van der Waals surface area contributed by atoms with Gasteiger partial charge in [0.2, 0.25) is 0 Å². The van der Waals surface area contributed by atoms with Crippen LogP contribution in [0.25, 0.3) is 0 Å². The first-order valence-corrected chi connectivity index (χ1v) is 4.61. The first-order valence-electron chi connectivity index (χ1n) is 4.61. The molecular weight excluding hydrogens is 152 g/mol. The van der Waals surface area contributed by atoms with E-state index in [0.29, 0.717) is 12.8 Å². The zero-order chi connectivity index (χ0) is 9.35. The second kappa shape index (κ2) is 3.17. The normalized spacial score (nSPS) is 32.2. The Morgan fingerprint density at radius 3 is 2.42 bits per heavy atom. The van der Waals surface area contributed by atoms with Crippen molar-refractivity contribution in [1.82, 2.24) is 0 Å². The Morgan fingerprint density at radius 1 is 1.42 bits per heavy atom. The molecule has 0 amide bonds. The van der Waals surface area contributed by atoms with Gasteiger partial charge in [0, 0.05) is 12.8 Å². The summed E-state index contributed by atoms with van der Waals surface area (Å²) in [6.07, 6.45) is 1.45. The van der Waals surface area contributed by atoms with Gasteiger partial charge in [0.15, 0.2) is 0 Å². The summed E-state index contributed by atoms with van der Waals surface area (Å²) in [7, 11) is 0. The number of hydrogen-bond acceptors (Lipinski definition) is 2. The Labute approximate surface area is 74.0 Å². The van der Waals surface area contributed by atoms with Gasteiger partial charge in [-0.2, -0.15) is 0 Å². The molecule has 2 nitrogen and oxygen atoms in total. The van der Waals surface area contributed by atoms with Crippen molar-refractivity contribution in [2.45, 2.75) is 46.1 Å². The van der Waals surface area contributed by atoms with Crippen LogP contribution in [-0.2, 0) is 4.79 Å². The summed E-state index contributed by atoms with van der Waals surface area (Å²) in [5, 5.41) is 9.65. The van der Waals surface area contributed by atoms with Crippen LogP contribution in [0.2, 0.25) is 0 Å². The topological polar surface area (TPSA) is 37.3 Å². The maximum Gasteiger partial charge on any atom is 0.135 e. The number of hydrogen-bond donors (Lipinski definition) is 1. The molecule has 0 aromatic carbocycles. The van der Waals surface area contributed by atoms with E-state index in [0.717, 1.165) is 6.42 Å².